The Morgan fingerprint density at radius 1 is 1.03 bits per heavy atom. The molecule has 1 aliphatic rings. The van der Waals surface area contributed by atoms with Crippen molar-refractivity contribution in [3.8, 4) is 17.2 Å². The van der Waals surface area contributed by atoms with E-state index in [1.165, 1.54) is 22.2 Å². The van der Waals surface area contributed by atoms with Gasteiger partial charge in [0.25, 0.3) is 5.91 Å². The van der Waals surface area contributed by atoms with Gasteiger partial charge in [-0.3, -0.25) is 9.69 Å². The van der Waals surface area contributed by atoms with Crippen LogP contribution >= 0.6 is 24.0 Å². The maximum atomic E-state index is 12.2. The van der Waals surface area contributed by atoms with Gasteiger partial charge in [-0.25, -0.2) is 0 Å². The Hall–Kier alpha value is -2.51. The van der Waals surface area contributed by atoms with Gasteiger partial charge >= 0.3 is 0 Å². The monoisotopic (exact) mass is 485 g/mol. The van der Waals surface area contributed by atoms with Crippen molar-refractivity contribution < 1.29 is 19.0 Å². The molecule has 33 heavy (non-hydrogen) atoms. The highest BCUT2D eigenvalue weighted by Crippen LogP contribution is 2.34. The van der Waals surface area contributed by atoms with Crippen LogP contribution in [0.2, 0.25) is 0 Å². The predicted molar refractivity (Wildman–Crippen MR) is 139 cm³/mol. The fraction of sp³-hybridized carbons (Fsp3) is 0.385. The summed E-state index contributed by atoms with van der Waals surface area (Å²) in [7, 11) is 1.69. The number of carbonyl (C=O) groups is 1. The van der Waals surface area contributed by atoms with E-state index in [-0.39, 0.29) is 5.91 Å². The van der Waals surface area contributed by atoms with Crippen LogP contribution in [0.1, 0.15) is 50.7 Å². The molecule has 1 saturated heterocycles. The van der Waals surface area contributed by atoms with Gasteiger partial charge in [-0.2, -0.15) is 0 Å². The van der Waals surface area contributed by atoms with Crippen LogP contribution in [0.3, 0.4) is 0 Å². The number of ether oxygens (including phenoxy) is 3. The molecular weight excluding hydrogens is 454 g/mol. The SMILES string of the molecule is CCOc1cc(/C=C2\SC(=S)N(C)C2=O)ccc1OCCCOc1ccc([C@@H](C)CC)cc1. The Bertz CT molecular complexity index is 1000. The minimum absolute atomic E-state index is 0.0854. The van der Waals surface area contributed by atoms with E-state index in [0.717, 1.165) is 24.2 Å². The quantitative estimate of drug-likeness (QED) is 0.212. The van der Waals surface area contributed by atoms with Gasteiger partial charge in [0.2, 0.25) is 0 Å². The van der Waals surface area contributed by atoms with Crippen LogP contribution < -0.4 is 14.2 Å². The molecule has 0 aliphatic carbocycles. The van der Waals surface area contributed by atoms with Crippen LogP contribution in [-0.2, 0) is 4.79 Å². The maximum Gasteiger partial charge on any atom is 0.265 e. The molecule has 0 saturated carbocycles. The zero-order valence-electron chi connectivity index (χ0n) is 19.6. The fourth-order valence-corrected chi connectivity index (χ4v) is 4.44. The Kier molecular flexibility index (Phi) is 9.21. The first-order chi connectivity index (χ1) is 15.9. The number of hydrogen-bond donors (Lipinski definition) is 0. The van der Waals surface area contributed by atoms with Crippen molar-refractivity contribution in [2.45, 2.75) is 39.5 Å². The van der Waals surface area contributed by atoms with E-state index in [1.54, 1.807) is 7.05 Å². The number of amides is 1. The molecule has 5 nitrogen and oxygen atoms in total. The van der Waals surface area contributed by atoms with Crippen LogP contribution in [0, 0.1) is 0 Å². The molecule has 1 heterocycles. The summed E-state index contributed by atoms with van der Waals surface area (Å²) in [5.74, 6) is 2.68. The van der Waals surface area contributed by atoms with E-state index in [4.69, 9.17) is 26.4 Å². The van der Waals surface area contributed by atoms with E-state index >= 15 is 0 Å². The molecule has 0 radical (unpaired) electrons. The third-order valence-electron chi connectivity index (χ3n) is 5.43. The second-order valence-corrected chi connectivity index (χ2v) is 9.48. The lowest BCUT2D eigenvalue weighted by Crippen LogP contribution is -2.22. The number of thiocarbonyl (C=S) groups is 1. The van der Waals surface area contributed by atoms with E-state index in [2.05, 4.69) is 26.0 Å². The molecule has 1 fully saturated rings. The molecule has 0 N–H and O–H groups in total. The molecule has 7 heteroatoms. The minimum Gasteiger partial charge on any atom is -0.493 e. The topological polar surface area (TPSA) is 48.0 Å². The molecule has 3 rings (SSSR count). The van der Waals surface area contributed by atoms with E-state index in [1.807, 2.05) is 43.3 Å². The number of hydrogen-bond acceptors (Lipinski definition) is 6. The lowest BCUT2D eigenvalue weighted by Gasteiger charge is -2.13. The highest BCUT2D eigenvalue weighted by molar-refractivity contribution is 8.26. The number of carbonyl (C=O) groups excluding carboxylic acids is 1. The van der Waals surface area contributed by atoms with Gasteiger partial charge < -0.3 is 14.2 Å². The van der Waals surface area contributed by atoms with Crippen LogP contribution in [0.25, 0.3) is 6.08 Å². The smallest absolute Gasteiger partial charge is 0.265 e. The molecule has 0 unspecified atom stereocenters. The third-order valence-corrected chi connectivity index (χ3v) is 6.91. The van der Waals surface area contributed by atoms with Crippen molar-refractivity contribution in [2.24, 2.45) is 0 Å². The number of thioether (sulfide) groups is 1. The standard InChI is InChI=1S/C26H31NO4S2/c1-5-18(3)20-9-11-21(12-10-20)30-14-7-15-31-22-13-8-19(16-23(22)29-6-2)17-24-25(28)27(4)26(32)33-24/h8-13,16-18H,5-7,14-15H2,1-4H3/b24-17-/t18-/m0/s1. The Morgan fingerprint density at radius 2 is 1.76 bits per heavy atom. The summed E-state index contributed by atoms with van der Waals surface area (Å²) in [6.45, 7) is 7.96. The first kappa shape index (κ1) is 25.1. The molecule has 1 aliphatic heterocycles. The van der Waals surface area contributed by atoms with Crippen LogP contribution in [0.5, 0.6) is 17.2 Å². The Balaban J connectivity index is 1.53. The number of likely N-dealkylation sites (N-methyl/N-ethyl adjacent to an activating group) is 1. The van der Waals surface area contributed by atoms with E-state index in [0.29, 0.717) is 46.5 Å². The zero-order valence-corrected chi connectivity index (χ0v) is 21.3. The summed E-state index contributed by atoms with van der Waals surface area (Å²) in [6, 6.07) is 14.0. The summed E-state index contributed by atoms with van der Waals surface area (Å²) in [6.07, 6.45) is 3.71. The number of nitrogens with zero attached hydrogens (tertiary/aromatic N) is 1. The molecule has 1 amide bonds. The average molecular weight is 486 g/mol. The zero-order chi connectivity index (χ0) is 23.8. The molecule has 0 aromatic heterocycles. The lowest BCUT2D eigenvalue weighted by molar-refractivity contribution is -0.121. The van der Waals surface area contributed by atoms with Crippen molar-refractivity contribution in [1.82, 2.24) is 4.90 Å². The summed E-state index contributed by atoms with van der Waals surface area (Å²) in [5.41, 5.74) is 2.20. The van der Waals surface area contributed by atoms with E-state index in [9.17, 15) is 4.79 Å². The second-order valence-electron chi connectivity index (χ2n) is 7.81. The van der Waals surface area contributed by atoms with Crippen LogP contribution in [0.15, 0.2) is 47.4 Å². The van der Waals surface area contributed by atoms with Crippen molar-refractivity contribution in [1.29, 1.82) is 0 Å². The highest BCUT2D eigenvalue weighted by atomic mass is 32.2. The summed E-state index contributed by atoms with van der Waals surface area (Å²) in [5, 5.41) is 0. The van der Waals surface area contributed by atoms with Gasteiger partial charge in [-0.05, 0) is 60.7 Å². The Morgan fingerprint density at radius 3 is 2.39 bits per heavy atom. The van der Waals surface area contributed by atoms with Gasteiger partial charge in [0.05, 0.1) is 24.7 Å². The van der Waals surface area contributed by atoms with Gasteiger partial charge in [-0.1, -0.05) is 56.0 Å². The van der Waals surface area contributed by atoms with Gasteiger partial charge in [0.15, 0.2) is 11.5 Å². The molecule has 2 aromatic rings. The maximum absolute atomic E-state index is 12.2. The van der Waals surface area contributed by atoms with Crippen LogP contribution in [0.4, 0.5) is 0 Å². The molecular formula is C26H31NO4S2. The lowest BCUT2D eigenvalue weighted by atomic mass is 9.99. The summed E-state index contributed by atoms with van der Waals surface area (Å²) in [4.78, 5) is 14.3. The van der Waals surface area contributed by atoms with Crippen molar-refractivity contribution in [3.05, 3.63) is 58.5 Å². The Labute approximate surface area is 206 Å². The van der Waals surface area contributed by atoms with Crippen LogP contribution in [-0.4, -0.2) is 42.0 Å². The normalized spacial score (nSPS) is 15.8. The first-order valence-electron chi connectivity index (χ1n) is 11.3. The number of benzene rings is 2. The molecule has 1 atom stereocenters. The third kappa shape index (κ3) is 6.74. The average Bonchev–Trinajstić information content (AvgIpc) is 3.06. The van der Waals surface area contributed by atoms with E-state index < -0.39 is 0 Å². The summed E-state index contributed by atoms with van der Waals surface area (Å²) < 4.78 is 18.1. The van der Waals surface area contributed by atoms with Crippen molar-refractivity contribution in [3.63, 3.8) is 0 Å². The molecule has 0 spiro atoms. The largest absolute Gasteiger partial charge is 0.493 e. The molecule has 2 aromatic carbocycles. The van der Waals surface area contributed by atoms with Gasteiger partial charge in [0, 0.05) is 13.5 Å². The fourth-order valence-electron chi connectivity index (χ4n) is 3.26. The molecule has 176 valence electrons. The van der Waals surface area contributed by atoms with Gasteiger partial charge in [0.1, 0.15) is 10.1 Å². The van der Waals surface area contributed by atoms with Gasteiger partial charge in [-0.15, -0.1) is 0 Å². The molecule has 0 bridgehead atoms. The minimum atomic E-state index is -0.0854. The first-order valence-corrected chi connectivity index (χ1v) is 12.5. The van der Waals surface area contributed by atoms with Crippen molar-refractivity contribution in [2.75, 3.05) is 26.9 Å². The number of rotatable bonds is 11. The van der Waals surface area contributed by atoms with Crippen molar-refractivity contribution >= 4 is 40.3 Å². The summed E-state index contributed by atoms with van der Waals surface area (Å²) >= 11 is 6.50. The highest BCUT2D eigenvalue weighted by Gasteiger charge is 2.28. The second kappa shape index (κ2) is 12.1. The predicted octanol–water partition coefficient (Wildman–Crippen LogP) is 6.28.